The van der Waals surface area contributed by atoms with Gasteiger partial charge in [-0.1, -0.05) is 165 Å². The van der Waals surface area contributed by atoms with E-state index in [2.05, 4.69) is 55.6 Å². The number of aliphatic hydroxyl groups is 2. The summed E-state index contributed by atoms with van der Waals surface area (Å²) in [6.45, 7) is 4.48. The summed E-state index contributed by atoms with van der Waals surface area (Å²) in [7, 11) is -4.46. The van der Waals surface area contributed by atoms with Gasteiger partial charge in [-0.15, -0.1) is 0 Å². The van der Waals surface area contributed by atoms with Gasteiger partial charge in [-0.05, 0) is 70.6 Å². The van der Waals surface area contributed by atoms with Crippen molar-refractivity contribution >= 4 is 16.0 Å². The molecule has 4 N–H and O–H groups in total. The van der Waals surface area contributed by atoms with Crippen LogP contribution >= 0.6 is 0 Å². The van der Waals surface area contributed by atoms with E-state index in [1.165, 1.54) is 109 Å². The second-order valence-electron chi connectivity index (χ2n) is 14.0. The minimum Gasteiger partial charge on any atom is -0.387 e. The van der Waals surface area contributed by atoms with Gasteiger partial charge in [0.2, 0.25) is 5.91 Å². The lowest BCUT2D eigenvalue weighted by atomic mass is 10.0. The normalized spacial score (nSPS) is 14.4. The first-order valence-corrected chi connectivity index (χ1v) is 22.1. The van der Waals surface area contributed by atoms with Crippen LogP contribution in [-0.2, 0) is 14.9 Å². The average molecular weight is 724 g/mol. The van der Waals surface area contributed by atoms with Crippen molar-refractivity contribution in [3.05, 3.63) is 48.6 Å². The van der Waals surface area contributed by atoms with Gasteiger partial charge in [-0.25, -0.2) is 0 Å². The van der Waals surface area contributed by atoms with Gasteiger partial charge in [0, 0.05) is 0 Å². The minimum absolute atomic E-state index is 0.263. The highest BCUT2D eigenvalue weighted by Crippen LogP contribution is 2.13. The largest absolute Gasteiger partial charge is 0.387 e. The molecule has 292 valence electrons. The first-order chi connectivity index (χ1) is 24.2. The lowest BCUT2D eigenvalue weighted by molar-refractivity contribution is -0.130. The number of nitrogens with one attached hydrogen (secondary N) is 1. The molecule has 0 radical (unpaired) electrons. The molecule has 0 aromatic carbocycles. The van der Waals surface area contributed by atoms with E-state index in [-0.39, 0.29) is 6.42 Å². The van der Waals surface area contributed by atoms with Crippen LogP contribution in [-0.4, -0.2) is 53.1 Å². The molecule has 0 saturated heterocycles. The number of aliphatic hydroxyl groups excluding tert-OH is 2. The predicted molar refractivity (Wildman–Crippen MR) is 213 cm³/mol. The Bertz CT molecular complexity index is 990. The van der Waals surface area contributed by atoms with Crippen LogP contribution in [0.5, 0.6) is 0 Å². The first kappa shape index (κ1) is 48.3. The maximum absolute atomic E-state index is 12.6. The number of rotatable bonds is 36. The molecule has 0 aliphatic rings. The third kappa shape index (κ3) is 34.7. The molecule has 0 heterocycles. The molecule has 0 aliphatic heterocycles. The minimum atomic E-state index is -4.46. The topological polar surface area (TPSA) is 124 Å². The molecule has 0 fully saturated rings. The molecule has 8 heteroatoms. The van der Waals surface area contributed by atoms with Gasteiger partial charge in [0.05, 0.1) is 17.9 Å². The van der Waals surface area contributed by atoms with E-state index in [4.69, 9.17) is 0 Å². The van der Waals surface area contributed by atoms with Crippen LogP contribution in [0.15, 0.2) is 48.6 Å². The third-order valence-corrected chi connectivity index (χ3v) is 9.84. The van der Waals surface area contributed by atoms with Crippen LogP contribution in [0, 0.1) is 0 Å². The number of carbonyl (C=O) groups is 1. The van der Waals surface area contributed by atoms with Crippen LogP contribution in [0.4, 0.5) is 0 Å². The van der Waals surface area contributed by atoms with Crippen molar-refractivity contribution in [2.45, 2.75) is 205 Å². The number of carbonyl (C=O) groups excluding carboxylic acids is 1. The Morgan fingerprint density at radius 2 is 0.900 bits per heavy atom. The number of hydrogen-bond acceptors (Lipinski definition) is 5. The van der Waals surface area contributed by atoms with Crippen molar-refractivity contribution in [1.82, 2.24) is 5.32 Å². The highest BCUT2D eigenvalue weighted by Gasteiger charge is 2.27. The molecular formula is C42H77NO6S. The van der Waals surface area contributed by atoms with Gasteiger partial charge in [0.15, 0.2) is 0 Å². The Kier molecular flexibility index (Phi) is 34.4. The SMILES string of the molecule is CCCCCC/C=C/CC/C=C/CC/C=C/C(O)C(CS(=O)(=O)O)NC(=O)C(O)CCCCCCCC/C=C\CCCCCCCCCCC. The molecule has 50 heavy (non-hydrogen) atoms. The smallest absolute Gasteiger partial charge is 0.267 e. The zero-order valence-corrected chi connectivity index (χ0v) is 32.9. The molecule has 0 rings (SSSR count). The second-order valence-corrected chi connectivity index (χ2v) is 15.5. The van der Waals surface area contributed by atoms with Crippen molar-refractivity contribution < 1.29 is 28.0 Å². The zero-order chi connectivity index (χ0) is 37.0. The highest BCUT2D eigenvalue weighted by molar-refractivity contribution is 7.85. The summed E-state index contributed by atoms with van der Waals surface area (Å²) in [5, 5.41) is 23.3. The van der Waals surface area contributed by atoms with E-state index in [0.717, 1.165) is 51.4 Å². The van der Waals surface area contributed by atoms with Crippen molar-refractivity contribution in [2.24, 2.45) is 0 Å². The molecule has 3 atom stereocenters. The lowest BCUT2D eigenvalue weighted by Gasteiger charge is -2.22. The Balaban J connectivity index is 4.10. The molecule has 0 aliphatic carbocycles. The molecule has 1 amide bonds. The number of hydrogen-bond donors (Lipinski definition) is 4. The summed E-state index contributed by atoms with van der Waals surface area (Å²) in [5.74, 6) is -1.57. The lowest BCUT2D eigenvalue weighted by Crippen LogP contribution is -2.50. The second kappa shape index (κ2) is 35.7. The summed E-state index contributed by atoms with van der Waals surface area (Å²) in [5.41, 5.74) is 0. The van der Waals surface area contributed by atoms with Gasteiger partial charge in [-0.3, -0.25) is 9.35 Å². The van der Waals surface area contributed by atoms with Gasteiger partial charge in [-0.2, -0.15) is 8.42 Å². The van der Waals surface area contributed by atoms with E-state index >= 15 is 0 Å². The Morgan fingerprint density at radius 1 is 0.540 bits per heavy atom. The van der Waals surface area contributed by atoms with Crippen LogP contribution in [0.1, 0.15) is 187 Å². The number of amides is 1. The molecule has 0 aromatic rings. The summed E-state index contributed by atoms with van der Waals surface area (Å²) in [6.07, 6.45) is 44.5. The molecule has 0 spiro atoms. The van der Waals surface area contributed by atoms with Crippen molar-refractivity contribution in [3.63, 3.8) is 0 Å². The van der Waals surface area contributed by atoms with Crippen LogP contribution < -0.4 is 5.32 Å². The van der Waals surface area contributed by atoms with Gasteiger partial charge < -0.3 is 15.5 Å². The molecule has 3 unspecified atom stereocenters. The zero-order valence-electron chi connectivity index (χ0n) is 32.1. The van der Waals surface area contributed by atoms with Crippen LogP contribution in [0.25, 0.3) is 0 Å². The summed E-state index contributed by atoms with van der Waals surface area (Å²) in [4.78, 5) is 12.6. The van der Waals surface area contributed by atoms with Crippen molar-refractivity contribution in [2.75, 3.05) is 5.75 Å². The van der Waals surface area contributed by atoms with Gasteiger partial charge in [0.25, 0.3) is 10.1 Å². The maximum atomic E-state index is 12.6. The van der Waals surface area contributed by atoms with Crippen LogP contribution in [0.2, 0.25) is 0 Å². The number of unbranched alkanes of at least 4 members (excludes halogenated alkanes) is 21. The maximum Gasteiger partial charge on any atom is 0.267 e. The van der Waals surface area contributed by atoms with E-state index in [9.17, 15) is 28.0 Å². The van der Waals surface area contributed by atoms with E-state index in [0.29, 0.717) is 12.8 Å². The standard InChI is InChI=1S/C42H77NO6S/c1-3-5-7-9-11-13-15-17-19-20-21-22-23-25-27-29-31-33-35-37-41(45)42(46)43-39(38-50(47,48)49)40(44)36-34-32-30-28-26-24-18-16-14-12-10-8-6-4-2/h14,16,21-22,26,28,34,36,39-41,44-45H,3-13,15,17-20,23-25,27,29-33,35,37-38H2,1-2H3,(H,43,46)(H,47,48,49)/b16-14+,22-21-,28-26+,36-34+. The fraction of sp³-hybridized carbons (Fsp3) is 0.786. The van der Waals surface area contributed by atoms with Gasteiger partial charge in [0.1, 0.15) is 6.10 Å². The summed E-state index contributed by atoms with van der Waals surface area (Å²) >= 11 is 0. The highest BCUT2D eigenvalue weighted by atomic mass is 32.2. The Morgan fingerprint density at radius 3 is 1.34 bits per heavy atom. The third-order valence-electron chi connectivity index (χ3n) is 9.06. The molecule has 0 bridgehead atoms. The fourth-order valence-electron chi connectivity index (χ4n) is 5.89. The molecule has 0 saturated carbocycles. The van der Waals surface area contributed by atoms with Gasteiger partial charge >= 0.3 is 0 Å². The van der Waals surface area contributed by atoms with Crippen molar-refractivity contribution in [3.8, 4) is 0 Å². The molecular weight excluding hydrogens is 647 g/mol. The summed E-state index contributed by atoms with van der Waals surface area (Å²) < 4.78 is 32.5. The fourth-order valence-corrected chi connectivity index (χ4v) is 6.63. The molecule has 0 aromatic heterocycles. The van der Waals surface area contributed by atoms with Crippen LogP contribution in [0.3, 0.4) is 0 Å². The Hall–Kier alpha value is -1.74. The monoisotopic (exact) mass is 724 g/mol. The van der Waals surface area contributed by atoms with Crippen molar-refractivity contribution in [1.29, 1.82) is 0 Å². The molecule has 7 nitrogen and oxygen atoms in total. The van der Waals surface area contributed by atoms with E-state index in [1.54, 1.807) is 6.08 Å². The van der Waals surface area contributed by atoms with E-state index in [1.807, 2.05) is 0 Å². The predicted octanol–water partition coefficient (Wildman–Crippen LogP) is 10.9. The quantitative estimate of drug-likeness (QED) is 0.0290. The summed E-state index contributed by atoms with van der Waals surface area (Å²) in [6, 6.07) is -1.26. The number of allylic oxidation sites excluding steroid dienone is 7. The Labute approximate surface area is 308 Å². The van der Waals surface area contributed by atoms with E-state index < -0.39 is 40.0 Å². The first-order valence-electron chi connectivity index (χ1n) is 20.4. The average Bonchev–Trinajstić information content (AvgIpc) is 3.08.